The minimum absolute atomic E-state index is 0.255. The second kappa shape index (κ2) is 5.14. The molecule has 0 aliphatic rings. The van der Waals surface area contributed by atoms with Crippen LogP contribution in [-0.4, -0.2) is 17.1 Å². The fourth-order valence-electron chi connectivity index (χ4n) is 1.66. The van der Waals surface area contributed by atoms with Gasteiger partial charge in [0.15, 0.2) is 0 Å². The molecule has 0 bridgehead atoms. The molecule has 0 aliphatic carbocycles. The summed E-state index contributed by atoms with van der Waals surface area (Å²) in [7, 11) is 1.88. The molecule has 18 heavy (non-hydrogen) atoms. The normalized spacial score (nSPS) is 12.2. The molecule has 1 N–H and O–H groups in total. The standard InChI is InChI=1S/C14H15FN2O/c1-10(18)14-8-7-13(9-16-14)17(2)12-5-3-11(15)4-6-12/h3-10,18H,1-2H3/t10-/m1/s1. The average Bonchev–Trinajstić information content (AvgIpc) is 2.39. The molecule has 1 aromatic carbocycles. The molecule has 0 fully saturated rings. The van der Waals surface area contributed by atoms with Gasteiger partial charge >= 0.3 is 0 Å². The maximum Gasteiger partial charge on any atom is 0.123 e. The zero-order chi connectivity index (χ0) is 13.1. The van der Waals surface area contributed by atoms with Crippen molar-refractivity contribution in [3.8, 4) is 0 Å². The Morgan fingerprint density at radius 3 is 2.22 bits per heavy atom. The summed E-state index contributed by atoms with van der Waals surface area (Å²) in [6, 6.07) is 9.90. The van der Waals surface area contributed by atoms with Gasteiger partial charge in [-0.3, -0.25) is 4.98 Å². The molecule has 0 unspecified atom stereocenters. The van der Waals surface area contributed by atoms with Gasteiger partial charge in [0.05, 0.1) is 23.7 Å². The smallest absolute Gasteiger partial charge is 0.123 e. The molecule has 1 atom stereocenters. The van der Waals surface area contributed by atoms with Crippen molar-refractivity contribution in [2.75, 3.05) is 11.9 Å². The van der Waals surface area contributed by atoms with Gasteiger partial charge in [-0.25, -0.2) is 4.39 Å². The maximum atomic E-state index is 12.8. The van der Waals surface area contributed by atoms with Crippen molar-refractivity contribution in [3.05, 3.63) is 54.1 Å². The number of pyridine rings is 1. The van der Waals surface area contributed by atoms with Crippen molar-refractivity contribution in [3.63, 3.8) is 0 Å². The summed E-state index contributed by atoms with van der Waals surface area (Å²) >= 11 is 0. The van der Waals surface area contributed by atoms with Crippen molar-refractivity contribution in [1.29, 1.82) is 0 Å². The molecule has 0 aliphatic heterocycles. The molecular weight excluding hydrogens is 231 g/mol. The number of aromatic nitrogens is 1. The van der Waals surface area contributed by atoms with Crippen LogP contribution in [0.15, 0.2) is 42.6 Å². The predicted octanol–water partition coefficient (Wildman–Crippen LogP) is 3.04. The molecule has 0 spiro atoms. The van der Waals surface area contributed by atoms with Gasteiger partial charge in [0.25, 0.3) is 0 Å². The monoisotopic (exact) mass is 246 g/mol. The lowest BCUT2D eigenvalue weighted by atomic mass is 10.2. The van der Waals surface area contributed by atoms with E-state index in [0.29, 0.717) is 5.69 Å². The minimum Gasteiger partial charge on any atom is -0.387 e. The number of hydrogen-bond donors (Lipinski definition) is 1. The fraction of sp³-hybridized carbons (Fsp3) is 0.214. The van der Waals surface area contributed by atoms with E-state index in [2.05, 4.69) is 4.98 Å². The first-order chi connectivity index (χ1) is 8.58. The van der Waals surface area contributed by atoms with E-state index in [0.717, 1.165) is 11.4 Å². The first-order valence-electron chi connectivity index (χ1n) is 5.71. The third-order valence-corrected chi connectivity index (χ3v) is 2.80. The molecule has 1 heterocycles. The highest BCUT2D eigenvalue weighted by molar-refractivity contribution is 5.61. The van der Waals surface area contributed by atoms with E-state index in [1.165, 1.54) is 12.1 Å². The van der Waals surface area contributed by atoms with Crippen LogP contribution in [0.3, 0.4) is 0 Å². The van der Waals surface area contributed by atoms with Gasteiger partial charge in [-0.05, 0) is 43.3 Å². The highest BCUT2D eigenvalue weighted by Crippen LogP contribution is 2.23. The van der Waals surface area contributed by atoms with E-state index < -0.39 is 6.10 Å². The molecule has 94 valence electrons. The van der Waals surface area contributed by atoms with E-state index >= 15 is 0 Å². The summed E-state index contributed by atoms with van der Waals surface area (Å²) in [5, 5.41) is 9.38. The van der Waals surface area contributed by atoms with Gasteiger partial charge in [-0.2, -0.15) is 0 Å². The second-order valence-corrected chi connectivity index (χ2v) is 4.15. The van der Waals surface area contributed by atoms with Gasteiger partial charge in [0.1, 0.15) is 5.82 Å². The number of aliphatic hydroxyl groups excluding tert-OH is 1. The summed E-state index contributed by atoms with van der Waals surface area (Å²) in [6.45, 7) is 1.67. The molecule has 3 nitrogen and oxygen atoms in total. The number of rotatable bonds is 3. The minimum atomic E-state index is -0.574. The Kier molecular flexibility index (Phi) is 3.58. The van der Waals surface area contributed by atoms with Crippen LogP contribution >= 0.6 is 0 Å². The number of halogens is 1. The van der Waals surface area contributed by atoms with E-state index in [1.54, 1.807) is 31.3 Å². The SMILES string of the molecule is C[C@@H](O)c1ccc(N(C)c2ccc(F)cc2)cn1. The zero-order valence-electron chi connectivity index (χ0n) is 10.3. The first kappa shape index (κ1) is 12.5. The molecular formula is C14H15FN2O. The Morgan fingerprint density at radius 1 is 1.11 bits per heavy atom. The fourth-order valence-corrected chi connectivity index (χ4v) is 1.66. The lowest BCUT2D eigenvalue weighted by molar-refractivity contribution is 0.194. The lowest BCUT2D eigenvalue weighted by Crippen LogP contribution is -2.10. The van der Waals surface area contributed by atoms with Crippen LogP contribution < -0.4 is 4.90 Å². The molecule has 1 aromatic heterocycles. The maximum absolute atomic E-state index is 12.8. The summed E-state index contributed by atoms with van der Waals surface area (Å²) in [6.07, 6.45) is 1.11. The van der Waals surface area contributed by atoms with Gasteiger partial charge in [0.2, 0.25) is 0 Å². The Morgan fingerprint density at radius 2 is 1.72 bits per heavy atom. The Hall–Kier alpha value is -1.94. The number of benzene rings is 1. The Labute approximate surface area is 106 Å². The molecule has 0 saturated heterocycles. The van der Waals surface area contributed by atoms with Crippen molar-refractivity contribution in [2.24, 2.45) is 0 Å². The Bertz CT molecular complexity index is 508. The van der Waals surface area contributed by atoms with Crippen molar-refractivity contribution < 1.29 is 9.50 Å². The predicted molar refractivity (Wildman–Crippen MR) is 69.3 cm³/mol. The highest BCUT2D eigenvalue weighted by atomic mass is 19.1. The topological polar surface area (TPSA) is 36.4 Å². The van der Waals surface area contributed by atoms with Crippen LogP contribution in [0.2, 0.25) is 0 Å². The summed E-state index contributed by atoms with van der Waals surface area (Å²) < 4.78 is 12.8. The number of aliphatic hydroxyl groups is 1. The number of anilines is 2. The van der Waals surface area contributed by atoms with Crippen LogP contribution in [0.1, 0.15) is 18.7 Å². The van der Waals surface area contributed by atoms with Gasteiger partial charge < -0.3 is 10.0 Å². The first-order valence-corrected chi connectivity index (χ1v) is 5.71. The van der Waals surface area contributed by atoms with Crippen LogP contribution in [0, 0.1) is 5.82 Å². The van der Waals surface area contributed by atoms with Gasteiger partial charge in [-0.15, -0.1) is 0 Å². The van der Waals surface area contributed by atoms with E-state index in [1.807, 2.05) is 18.0 Å². The van der Waals surface area contributed by atoms with E-state index in [4.69, 9.17) is 0 Å². The van der Waals surface area contributed by atoms with Crippen LogP contribution in [0.25, 0.3) is 0 Å². The molecule has 2 aromatic rings. The van der Waals surface area contributed by atoms with Gasteiger partial charge in [-0.1, -0.05) is 0 Å². The third kappa shape index (κ3) is 2.65. The van der Waals surface area contributed by atoms with E-state index in [9.17, 15) is 9.50 Å². The molecule has 0 saturated carbocycles. The highest BCUT2D eigenvalue weighted by Gasteiger charge is 2.06. The zero-order valence-corrected chi connectivity index (χ0v) is 10.3. The summed E-state index contributed by atoms with van der Waals surface area (Å²) in [5.41, 5.74) is 2.39. The second-order valence-electron chi connectivity index (χ2n) is 4.15. The number of nitrogens with zero attached hydrogens (tertiary/aromatic N) is 2. The summed E-state index contributed by atoms with van der Waals surface area (Å²) in [5.74, 6) is -0.255. The molecule has 0 radical (unpaired) electrons. The van der Waals surface area contributed by atoms with Crippen molar-refractivity contribution in [2.45, 2.75) is 13.0 Å². The average molecular weight is 246 g/mol. The number of hydrogen-bond acceptors (Lipinski definition) is 3. The van der Waals surface area contributed by atoms with E-state index in [-0.39, 0.29) is 5.82 Å². The molecule has 4 heteroatoms. The van der Waals surface area contributed by atoms with Crippen molar-refractivity contribution >= 4 is 11.4 Å². The third-order valence-electron chi connectivity index (χ3n) is 2.80. The molecule has 0 amide bonds. The van der Waals surface area contributed by atoms with Crippen molar-refractivity contribution in [1.82, 2.24) is 4.98 Å². The summed E-state index contributed by atoms with van der Waals surface area (Å²) in [4.78, 5) is 6.08. The Balaban J connectivity index is 2.23. The lowest BCUT2D eigenvalue weighted by Gasteiger charge is -2.19. The largest absolute Gasteiger partial charge is 0.387 e. The van der Waals surface area contributed by atoms with Crippen LogP contribution in [-0.2, 0) is 0 Å². The van der Waals surface area contributed by atoms with Gasteiger partial charge in [0, 0.05) is 12.7 Å². The molecule has 2 rings (SSSR count). The van der Waals surface area contributed by atoms with Crippen LogP contribution in [0.4, 0.5) is 15.8 Å². The van der Waals surface area contributed by atoms with Crippen LogP contribution in [0.5, 0.6) is 0 Å². The quantitative estimate of drug-likeness (QED) is 0.904.